The van der Waals surface area contributed by atoms with Crippen LogP contribution >= 0.6 is 0 Å². The van der Waals surface area contributed by atoms with E-state index in [4.69, 9.17) is 0 Å². The number of nitrogens with one attached hydrogen (secondary N) is 3. The second kappa shape index (κ2) is 11.0. The minimum absolute atomic E-state index is 0.200. The Labute approximate surface area is 214 Å². The van der Waals surface area contributed by atoms with Crippen LogP contribution in [-0.2, 0) is 7.05 Å². The molecule has 3 aliphatic rings. The molecule has 1 aromatic heterocycles. The van der Waals surface area contributed by atoms with E-state index in [2.05, 4.69) is 20.9 Å². The van der Waals surface area contributed by atoms with E-state index in [1.54, 1.807) is 9.47 Å². The molecule has 194 valence electrons. The third-order valence-electron chi connectivity index (χ3n) is 8.02. The van der Waals surface area contributed by atoms with Gasteiger partial charge in [-0.15, -0.1) is 0 Å². The van der Waals surface area contributed by atoms with Crippen LogP contribution < -0.4 is 20.9 Å². The molecule has 0 bridgehead atoms. The molecule has 5 rings (SSSR count). The van der Waals surface area contributed by atoms with Gasteiger partial charge in [0.1, 0.15) is 5.69 Å². The van der Waals surface area contributed by atoms with Gasteiger partial charge in [0.15, 0.2) is 0 Å². The maximum absolute atomic E-state index is 13.7. The number of rotatable bonds is 5. The van der Waals surface area contributed by atoms with Crippen molar-refractivity contribution in [3.63, 3.8) is 0 Å². The zero-order valence-electron chi connectivity index (χ0n) is 21.7. The summed E-state index contributed by atoms with van der Waals surface area (Å²) in [6.45, 7) is 5.61. The van der Waals surface area contributed by atoms with E-state index in [9.17, 15) is 9.59 Å². The second-order valence-corrected chi connectivity index (χ2v) is 10.6. The SMILES string of the molecule is Cc1cn(C)c2c1N(C(=O)NCCN1CCCCC1CC1CCCCCN1)c1ccccc1NC2=O. The Bertz CT molecular complexity index is 1090. The number of aryl methyl sites for hydroxylation is 2. The third kappa shape index (κ3) is 5.15. The molecule has 1 aromatic carbocycles. The number of benzene rings is 1. The van der Waals surface area contributed by atoms with Gasteiger partial charge >= 0.3 is 6.03 Å². The van der Waals surface area contributed by atoms with E-state index in [1.165, 1.54) is 51.4 Å². The number of amides is 3. The van der Waals surface area contributed by atoms with Crippen molar-refractivity contribution >= 4 is 29.0 Å². The fourth-order valence-electron chi connectivity index (χ4n) is 6.24. The molecule has 3 aliphatic heterocycles. The largest absolute Gasteiger partial charge is 0.345 e. The smallest absolute Gasteiger partial charge is 0.326 e. The molecular formula is C28H40N6O2. The maximum Gasteiger partial charge on any atom is 0.326 e. The normalized spacial score (nSPS) is 22.7. The van der Waals surface area contributed by atoms with Crippen LogP contribution in [0.25, 0.3) is 0 Å². The molecule has 8 nitrogen and oxygen atoms in total. The number of aromatic nitrogens is 1. The van der Waals surface area contributed by atoms with Gasteiger partial charge in [0.25, 0.3) is 5.91 Å². The zero-order valence-corrected chi connectivity index (χ0v) is 21.7. The van der Waals surface area contributed by atoms with Crippen molar-refractivity contribution in [2.75, 3.05) is 36.4 Å². The molecule has 8 heteroatoms. The molecule has 0 saturated carbocycles. The maximum atomic E-state index is 13.7. The first-order valence-corrected chi connectivity index (χ1v) is 13.6. The number of carbonyl (C=O) groups excluding carboxylic acids is 2. The molecular weight excluding hydrogens is 452 g/mol. The highest BCUT2D eigenvalue weighted by atomic mass is 16.2. The highest BCUT2D eigenvalue weighted by Crippen LogP contribution is 2.40. The van der Waals surface area contributed by atoms with Gasteiger partial charge in [-0.1, -0.05) is 31.4 Å². The lowest BCUT2D eigenvalue weighted by Gasteiger charge is -2.38. The van der Waals surface area contributed by atoms with Crippen molar-refractivity contribution in [2.45, 2.75) is 70.4 Å². The number of nitrogens with zero attached hydrogens (tertiary/aromatic N) is 3. The molecule has 3 N–H and O–H groups in total. The van der Waals surface area contributed by atoms with Crippen LogP contribution in [-0.4, -0.2) is 59.7 Å². The molecule has 2 fully saturated rings. The number of hydrogen-bond acceptors (Lipinski definition) is 4. The van der Waals surface area contributed by atoms with Gasteiger partial charge in [-0.25, -0.2) is 4.79 Å². The first-order chi connectivity index (χ1) is 17.5. The van der Waals surface area contributed by atoms with E-state index >= 15 is 0 Å². The Morgan fingerprint density at radius 2 is 1.94 bits per heavy atom. The van der Waals surface area contributed by atoms with E-state index in [0.29, 0.717) is 41.4 Å². The lowest BCUT2D eigenvalue weighted by molar-refractivity contribution is 0.102. The number of anilines is 3. The second-order valence-electron chi connectivity index (χ2n) is 10.6. The Balaban J connectivity index is 1.28. The van der Waals surface area contributed by atoms with Gasteiger partial charge in [-0.3, -0.25) is 14.6 Å². The predicted molar refractivity (Wildman–Crippen MR) is 144 cm³/mol. The monoisotopic (exact) mass is 492 g/mol. The molecule has 4 heterocycles. The van der Waals surface area contributed by atoms with Gasteiger partial charge in [0.05, 0.1) is 17.1 Å². The Morgan fingerprint density at radius 3 is 2.83 bits per heavy atom. The van der Waals surface area contributed by atoms with Crippen molar-refractivity contribution in [2.24, 2.45) is 7.05 Å². The summed E-state index contributed by atoms with van der Waals surface area (Å²) in [5, 5.41) is 9.92. The number of likely N-dealkylation sites (tertiary alicyclic amines) is 1. The number of carbonyl (C=O) groups is 2. The number of para-hydroxylation sites is 2. The van der Waals surface area contributed by atoms with E-state index in [1.807, 2.05) is 44.4 Å². The lowest BCUT2D eigenvalue weighted by Crippen LogP contribution is -2.48. The molecule has 2 unspecified atom stereocenters. The Morgan fingerprint density at radius 1 is 1.11 bits per heavy atom. The first-order valence-electron chi connectivity index (χ1n) is 13.6. The summed E-state index contributed by atoms with van der Waals surface area (Å²) in [7, 11) is 1.84. The summed E-state index contributed by atoms with van der Waals surface area (Å²) in [6.07, 6.45) is 12.1. The topological polar surface area (TPSA) is 81.6 Å². The predicted octanol–water partition coefficient (Wildman–Crippen LogP) is 4.52. The van der Waals surface area contributed by atoms with Crippen molar-refractivity contribution in [1.29, 1.82) is 0 Å². The molecule has 0 spiro atoms. The van der Waals surface area contributed by atoms with Gasteiger partial charge in [-0.05, 0) is 69.8 Å². The van der Waals surface area contributed by atoms with Crippen LogP contribution in [0.1, 0.15) is 67.4 Å². The fraction of sp³-hybridized carbons (Fsp3) is 0.571. The van der Waals surface area contributed by atoms with Crippen molar-refractivity contribution in [3.05, 3.63) is 41.7 Å². The van der Waals surface area contributed by atoms with Gasteiger partial charge in [0, 0.05) is 38.4 Å². The summed E-state index contributed by atoms with van der Waals surface area (Å²) in [6, 6.07) is 8.49. The summed E-state index contributed by atoms with van der Waals surface area (Å²) >= 11 is 0. The molecule has 2 atom stereocenters. The fourth-order valence-corrected chi connectivity index (χ4v) is 6.24. The molecule has 3 amide bonds. The number of piperidine rings is 1. The first kappa shape index (κ1) is 24.8. The van der Waals surface area contributed by atoms with Crippen LogP contribution in [0, 0.1) is 6.92 Å². The van der Waals surface area contributed by atoms with Crippen LogP contribution in [0.4, 0.5) is 21.9 Å². The summed E-state index contributed by atoms with van der Waals surface area (Å²) < 4.78 is 1.80. The van der Waals surface area contributed by atoms with Crippen molar-refractivity contribution in [3.8, 4) is 0 Å². The molecule has 0 aliphatic carbocycles. The van der Waals surface area contributed by atoms with E-state index in [0.717, 1.165) is 25.2 Å². The summed E-state index contributed by atoms with van der Waals surface area (Å²) in [5.74, 6) is -0.202. The van der Waals surface area contributed by atoms with Crippen LogP contribution in [0.2, 0.25) is 0 Å². The molecule has 0 radical (unpaired) electrons. The number of hydrogen-bond donors (Lipinski definition) is 3. The van der Waals surface area contributed by atoms with Crippen LogP contribution in [0.5, 0.6) is 0 Å². The minimum Gasteiger partial charge on any atom is -0.345 e. The quantitative estimate of drug-likeness (QED) is 0.573. The van der Waals surface area contributed by atoms with Crippen molar-refractivity contribution < 1.29 is 9.59 Å². The standard InChI is InChI=1S/C28H40N6O2/c1-20-19-32(2)26-25(20)34(24-13-6-5-12-23(24)31-27(26)35)28(36)30-15-17-33-16-9-7-11-22(33)18-21-10-4-3-8-14-29-21/h5-6,12-13,19,21-22,29H,3-4,7-11,14-18H2,1-2H3,(H,30,36)(H,31,35). The average molecular weight is 493 g/mol. The number of fused-ring (bicyclic) bond motifs is 2. The van der Waals surface area contributed by atoms with Gasteiger partial charge in [-0.2, -0.15) is 0 Å². The van der Waals surface area contributed by atoms with Gasteiger partial charge < -0.3 is 20.5 Å². The minimum atomic E-state index is -0.202. The van der Waals surface area contributed by atoms with E-state index in [-0.39, 0.29) is 11.9 Å². The third-order valence-corrected chi connectivity index (χ3v) is 8.02. The van der Waals surface area contributed by atoms with Crippen molar-refractivity contribution in [1.82, 2.24) is 20.1 Å². The van der Waals surface area contributed by atoms with E-state index < -0.39 is 0 Å². The van der Waals surface area contributed by atoms with Crippen LogP contribution in [0.3, 0.4) is 0 Å². The number of urea groups is 1. The van der Waals surface area contributed by atoms with Gasteiger partial charge in [0.2, 0.25) is 0 Å². The Hall–Kier alpha value is -2.84. The lowest BCUT2D eigenvalue weighted by atomic mass is 9.94. The summed E-state index contributed by atoms with van der Waals surface area (Å²) in [5.41, 5.74) is 3.35. The highest BCUT2D eigenvalue weighted by Gasteiger charge is 2.33. The molecule has 2 saturated heterocycles. The van der Waals surface area contributed by atoms with Crippen LogP contribution in [0.15, 0.2) is 30.5 Å². The zero-order chi connectivity index (χ0) is 25.1. The average Bonchev–Trinajstić information content (AvgIpc) is 3.03. The highest BCUT2D eigenvalue weighted by molar-refractivity contribution is 6.17. The molecule has 2 aromatic rings. The molecule has 36 heavy (non-hydrogen) atoms. The summed E-state index contributed by atoms with van der Waals surface area (Å²) in [4.78, 5) is 30.9. The Kier molecular flexibility index (Phi) is 7.62.